The number of nitrogens with one attached hydrogen (secondary N) is 1. The highest BCUT2D eigenvalue weighted by molar-refractivity contribution is 6.05. The Hall–Kier alpha value is -3.17. The molecule has 1 aliphatic carbocycles. The fraction of sp³-hybridized carbons (Fsp3) is 0.318. The van der Waals surface area contributed by atoms with E-state index in [1.54, 1.807) is 18.3 Å². The lowest BCUT2D eigenvalue weighted by molar-refractivity contribution is 0.0718. The molecule has 1 aliphatic rings. The maximum absolute atomic E-state index is 12.9. The SMILES string of the molecule is N#Cc1ccc(Cn2cc(C(=O)NC3CCCCC3O)c3ncccc32)cc1. The molecule has 28 heavy (non-hydrogen) atoms. The fourth-order valence-electron chi connectivity index (χ4n) is 3.83. The zero-order chi connectivity index (χ0) is 19.5. The lowest BCUT2D eigenvalue weighted by atomic mass is 9.92. The topological polar surface area (TPSA) is 90.9 Å². The van der Waals surface area contributed by atoms with Crippen molar-refractivity contribution in [2.75, 3.05) is 0 Å². The molecule has 0 aliphatic heterocycles. The Bertz CT molecular complexity index is 1030. The number of hydrogen-bond donors (Lipinski definition) is 2. The molecule has 2 N–H and O–H groups in total. The van der Waals surface area contributed by atoms with Crippen LogP contribution in [0.5, 0.6) is 0 Å². The maximum Gasteiger partial charge on any atom is 0.255 e. The molecule has 6 nitrogen and oxygen atoms in total. The van der Waals surface area contributed by atoms with Crippen molar-refractivity contribution in [3.63, 3.8) is 0 Å². The van der Waals surface area contributed by atoms with Crippen molar-refractivity contribution in [2.24, 2.45) is 0 Å². The smallest absolute Gasteiger partial charge is 0.255 e. The van der Waals surface area contributed by atoms with E-state index in [-0.39, 0.29) is 11.9 Å². The van der Waals surface area contributed by atoms with Crippen LogP contribution in [-0.2, 0) is 6.54 Å². The highest BCUT2D eigenvalue weighted by Gasteiger charge is 2.26. The van der Waals surface area contributed by atoms with Crippen LogP contribution in [0.15, 0.2) is 48.8 Å². The minimum Gasteiger partial charge on any atom is -0.391 e. The number of nitriles is 1. The number of rotatable bonds is 4. The van der Waals surface area contributed by atoms with Crippen LogP contribution >= 0.6 is 0 Å². The second-order valence-corrected chi connectivity index (χ2v) is 7.28. The number of carbonyl (C=O) groups excluding carboxylic acids is 1. The standard InChI is InChI=1S/C22H22N4O2/c23-12-15-7-9-16(10-8-15)13-26-14-17(21-19(26)5-3-11-24-21)22(28)25-18-4-1-2-6-20(18)27/h3,5,7-11,14,18,20,27H,1-2,4,6,13H2,(H,25,28). The highest BCUT2D eigenvalue weighted by atomic mass is 16.3. The quantitative estimate of drug-likeness (QED) is 0.734. The number of aromatic nitrogens is 2. The first-order valence-corrected chi connectivity index (χ1v) is 9.57. The van der Waals surface area contributed by atoms with Gasteiger partial charge in [0.05, 0.1) is 34.9 Å². The largest absolute Gasteiger partial charge is 0.391 e. The average molecular weight is 374 g/mol. The molecule has 0 spiro atoms. The Labute approximate surface area is 163 Å². The van der Waals surface area contributed by atoms with Crippen LogP contribution in [0.25, 0.3) is 11.0 Å². The molecule has 4 rings (SSSR count). The Morgan fingerprint density at radius 2 is 2.04 bits per heavy atom. The molecule has 1 aromatic carbocycles. The lowest BCUT2D eigenvalue weighted by Gasteiger charge is -2.28. The molecule has 1 saturated carbocycles. The third-order valence-electron chi connectivity index (χ3n) is 5.36. The molecule has 2 atom stereocenters. The van der Waals surface area contributed by atoms with Crippen LogP contribution < -0.4 is 5.32 Å². The van der Waals surface area contributed by atoms with Crippen molar-refractivity contribution in [1.29, 1.82) is 5.26 Å². The number of carbonyl (C=O) groups is 1. The number of aliphatic hydroxyl groups is 1. The van der Waals surface area contributed by atoms with Gasteiger partial charge in [-0.05, 0) is 42.7 Å². The first-order chi connectivity index (χ1) is 13.7. The van der Waals surface area contributed by atoms with Crippen molar-refractivity contribution >= 4 is 16.9 Å². The fourth-order valence-corrected chi connectivity index (χ4v) is 3.83. The van der Waals surface area contributed by atoms with E-state index in [0.717, 1.165) is 36.8 Å². The van der Waals surface area contributed by atoms with Gasteiger partial charge < -0.3 is 15.0 Å². The number of aliphatic hydroxyl groups excluding tert-OH is 1. The summed E-state index contributed by atoms with van der Waals surface area (Å²) in [6, 6.07) is 13.1. The number of amides is 1. The van der Waals surface area contributed by atoms with E-state index >= 15 is 0 Å². The van der Waals surface area contributed by atoms with Crippen LogP contribution in [0, 0.1) is 11.3 Å². The zero-order valence-electron chi connectivity index (χ0n) is 15.5. The molecule has 0 radical (unpaired) electrons. The Kier molecular flexibility index (Phi) is 5.09. The Morgan fingerprint density at radius 1 is 1.25 bits per heavy atom. The number of nitrogens with zero attached hydrogens (tertiary/aromatic N) is 3. The summed E-state index contributed by atoms with van der Waals surface area (Å²) in [6.45, 7) is 0.577. The van der Waals surface area contributed by atoms with Gasteiger partial charge in [-0.15, -0.1) is 0 Å². The molecule has 3 aromatic rings. The summed E-state index contributed by atoms with van der Waals surface area (Å²) in [5.41, 5.74) is 3.70. The maximum atomic E-state index is 12.9. The van der Waals surface area contributed by atoms with E-state index in [4.69, 9.17) is 5.26 Å². The minimum absolute atomic E-state index is 0.201. The molecule has 2 unspecified atom stereocenters. The molecule has 142 valence electrons. The van der Waals surface area contributed by atoms with Crippen molar-refractivity contribution < 1.29 is 9.90 Å². The monoisotopic (exact) mass is 374 g/mol. The normalized spacial score (nSPS) is 19.3. The molecule has 2 aromatic heterocycles. The van der Waals surface area contributed by atoms with Crippen molar-refractivity contribution in [3.8, 4) is 6.07 Å². The van der Waals surface area contributed by atoms with E-state index in [1.165, 1.54) is 0 Å². The van der Waals surface area contributed by atoms with Crippen LogP contribution in [-0.4, -0.2) is 32.7 Å². The average Bonchev–Trinajstić information content (AvgIpc) is 3.09. The first-order valence-electron chi connectivity index (χ1n) is 9.57. The van der Waals surface area contributed by atoms with Crippen molar-refractivity contribution in [2.45, 2.75) is 44.4 Å². The van der Waals surface area contributed by atoms with Gasteiger partial charge in [-0.3, -0.25) is 9.78 Å². The zero-order valence-corrected chi connectivity index (χ0v) is 15.5. The Morgan fingerprint density at radius 3 is 2.79 bits per heavy atom. The van der Waals surface area contributed by atoms with Gasteiger partial charge in [0, 0.05) is 18.9 Å². The van der Waals surface area contributed by atoms with Gasteiger partial charge in [0.25, 0.3) is 5.91 Å². The summed E-state index contributed by atoms with van der Waals surface area (Å²) < 4.78 is 2.00. The molecular formula is C22H22N4O2. The minimum atomic E-state index is -0.488. The molecule has 0 saturated heterocycles. The van der Waals surface area contributed by atoms with Crippen LogP contribution in [0.4, 0.5) is 0 Å². The Balaban J connectivity index is 1.62. The van der Waals surface area contributed by atoms with Gasteiger partial charge >= 0.3 is 0 Å². The number of pyridine rings is 1. The molecule has 2 heterocycles. The van der Waals surface area contributed by atoms with Crippen molar-refractivity contribution in [1.82, 2.24) is 14.9 Å². The predicted molar refractivity (Wildman–Crippen MR) is 106 cm³/mol. The lowest BCUT2D eigenvalue weighted by Crippen LogP contribution is -2.45. The molecule has 1 fully saturated rings. The molecule has 0 bridgehead atoms. The second-order valence-electron chi connectivity index (χ2n) is 7.28. The third-order valence-corrected chi connectivity index (χ3v) is 5.36. The van der Waals surface area contributed by atoms with E-state index < -0.39 is 6.10 Å². The molecular weight excluding hydrogens is 352 g/mol. The van der Waals surface area contributed by atoms with Gasteiger partial charge in [0.1, 0.15) is 5.52 Å². The number of hydrogen-bond acceptors (Lipinski definition) is 4. The van der Waals surface area contributed by atoms with Gasteiger partial charge in [-0.1, -0.05) is 25.0 Å². The van der Waals surface area contributed by atoms with Gasteiger partial charge in [-0.2, -0.15) is 5.26 Å². The van der Waals surface area contributed by atoms with Gasteiger partial charge in [-0.25, -0.2) is 0 Å². The van der Waals surface area contributed by atoms with E-state index in [0.29, 0.717) is 23.2 Å². The highest BCUT2D eigenvalue weighted by Crippen LogP contribution is 2.23. The second kappa shape index (κ2) is 7.83. The van der Waals surface area contributed by atoms with E-state index in [1.807, 2.05) is 35.0 Å². The predicted octanol–water partition coefficient (Wildman–Crippen LogP) is 2.99. The van der Waals surface area contributed by atoms with E-state index in [2.05, 4.69) is 16.4 Å². The third kappa shape index (κ3) is 3.62. The number of benzene rings is 1. The molecule has 1 amide bonds. The van der Waals surface area contributed by atoms with Gasteiger partial charge in [0.2, 0.25) is 0 Å². The summed E-state index contributed by atoms with van der Waals surface area (Å²) in [5, 5.41) is 22.1. The summed E-state index contributed by atoms with van der Waals surface area (Å²) in [5.74, 6) is -0.201. The summed E-state index contributed by atoms with van der Waals surface area (Å²) in [6.07, 6.45) is 6.55. The van der Waals surface area contributed by atoms with Crippen LogP contribution in [0.1, 0.15) is 47.2 Å². The van der Waals surface area contributed by atoms with Gasteiger partial charge in [0.15, 0.2) is 0 Å². The van der Waals surface area contributed by atoms with E-state index in [9.17, 15) is 9.90 Å². The summed E-state index contributed by atoms with van der Waals surface area (Å²) >= 11 is 0. The first kappa shape index (κ1) is 18.2. The summed E-state index contributed by atoms with van der Waals surface area (Å²) in [4.78, 5) is 17.3. The number of fused-ring (bicyclic) bond motifs is 1. The summed E-state index contributed by atoms with van der Waals surface area (Å²) in [7, 11) is 0. The van der Waals surface area contributed by atoms with Crippen molar-refractivity contribution in [3.05, 3.63) is 65.5 Å². The van der Waals surface area contributed by atoms with Crippen LogP contribution in [0.2, 0.25) is 0 Å². The molecule has 6 heteroatoms. The van der Waals surface area contributed by atoms with Crippen LogP contribution in [0.3, 0.4) is 0 Å².